The Morgan fingerprint density at radius 2 is 1.80 bits per heavy atom. The van der Waals surface area contributed by atoms with Crippen molar-refractivity contribution in [3.05, 3.63) is 54.1 Å². The molecule has 5 rings (SSSR count). The second kappa shape index (κ2) is 7.37. The zero-order chi connectivity index (χ0) is 20.7. The number of carbonyl (C=O) groups is 1. The van der Waals surface area contributed by atoms with E-state index in [1.165, 1.54) is 22.7 Å². The van der Waals surface area contributed by atoms with Crippen LogP contribution in [-0.4, -0.2) is 59.8 Å². The highest BCUT2D eigenvalue weighted by molar-refractivity contribution is 7.89. The Labute approximate surface area is 173 Å². The fourth-order valence-corrected chi connectivity index (χ4v) is 5.25. The number of hydrogen-bond donors (Lipinski definition) is 0. The van der Waals surface area contributed by atoms with Crippen LogP contribution in [0.5, 0.6) is 0 Å². The van der Waals surface area contributed by atoms with Gasteiger partial charge in [-0.15, -0.1) is 0 Å². The van der Waals surface area contributed by atoms with Crippen LogP contribution in [0.15, 0.2) is 56.5 Å². The van der Waals surface area contributed by atoms with E-state index < -0.39 is 10.0 Å². The van der Waals surface area contributed by atoms with Crippen LogP contribution in [0.2, 0.25) is 0 Å². The molecule has 2 aliphatic rings. The smallest absolute Gasteiger partial charge is 0.253 e. The van der Waals surface area contributed by atoms with Crippen molar-refractivity contribution < 1.29 is 22.2 Å². The van der Waals surface area contributed by atoms with Gasteiger partial charge in [0.2, 0.25) is 21.7 Å². The van der Waals surface area contributed by atoms with Gasteiger partial charge in [-0.2, -0.15) is 9.29 Å². The Morgan fingerprint density at radius 1 is 1.07 bits per heavy atom. The van der Waals surface area contributed by atoms with Crippen molar-refractivity contribution in [3.8, 4) is 11.6 Å². The summed E-state index contributed by atoms with van der Waals surface area (Å²) in [6.45, 7) is 2.03. The molecule has 2 saturated heterocycles. The van der Waals surface area contributed by atoms with E-state index in [0.717, 1.165) is 12.8 Å². The minimum Gasteiger partial charge on any atom is -0.461 e. The summed E-state index contributed by atoms with van der Waals surface area (Å²) in [4.78, 5) is 18.9. The number of aromatic nitrogens is 2. The molecular weight excluding hydrogens is 408 g/mol. The summed E-state index contributed by atoms with van der Waals surface area (Å²) in [5.74, 6) is 1.20. The maximum Gasteiger partial charge on any atom is 0.253 e. The molecule has 4 heterocycles. The standard InChI is InChI=1S/C20H20N4O5S/c25-20(14-5-7-16(8-6-14)30(26,27)24-9-1-2-10-24)23-12-15(13-23)19-21-18(22-29-19)17-4-3-11-28-17/h3-8,11,15H,1-2,9-10,12-13H2. The molecular formula is C20H20N4O5S. The Kier molecular flexibility index (Phi) is 4.67. The summed E-state index contributed by atoms with van der Waals surface area (Å²) in [6.07, 6.45) is 3.31. The van der Waals surface area contributed by atoms with Crippen LogP contribution in [0.1, 0.15) is 35.0 Å². The van der Waals surface area contributed by atoms with Gasteiger partial charge in [-0.25, -0.2) is 8.42 Å². The number of furan rings is 1. The van der Waals surface area contributed by atoms with Crippen LogP contribution < -0.4 is 0 Å². The molecule has 2 fully saturated rings. The van der Waals surface area contributed by atoms with Gasteiger partial charge in [-0.3, -0.25) is 4.79 Å². The molecule has 156 valence electrons. The highest BCUT2D eigenvalue weighted by atomic mass is 32.2. The van der Waals surface area contributed by atoms with Crippen molar-refractivity contribution in [1.29, 1.82) is 0 Å². The van der Waals surface area contributed by atoms with E-state index in [4.69, 9.17) is 8.94 Å². The molecule has 0 spiro atoms. The maximum atomic E-state index is 12.7. The van der Waals surface area contributed by atoms with Crippen LogP contribution in [-0.2, 0) is 10.0 Å². The van der Waals surface area contributed by atoms with Crippen LogP contribution in [0.3, 0.4) is 0 Å². The summed E-state index contributed by atoms with van der Waals surface area (Å²) < 4.78 is 37.3. The number of amides is 1. The lowest BCUT2D eigenvalue weighted by Crippen LogP contribution is -2.48. The fourth-order valence-electron chi connectivity index (χ4n) is 3.74. The van der Waals surface area contributed by atoms with Crippen molar-refractivity contribution in [2.75, 3.05) is 26.2 Å². The lowest BCUT2D eigenvalue weighted by atomic mass is 9.99. The average molecular weight is 428 g/mol. The minimum atomic E-state index is -3.48. The van der Waals surface area contributed by atoms with Crippen molar-refractivity contribution in [3.63, 3.8) is 0 Å². The lowest BCUT2D eigenvalue weighted by molar-refractivity contribution is 0.0569. The quantitative estimate of drug-likeness (QED) is 0.613. The molecule has 0 N–H and O–H groups in total. The highest BCUT2D eigenvalue weighted by Gasteiger charge is 2.36. The molecule has 0 bridgehead atoms. The number of carbonyl (C=O) groups excluding carboxylic acids is 1. The summed E-state index contributed by atoms with van der Waals surface area (Å²) in [5, 5.41) is 3.91. The Morgan fingerprint density at radius 3 is 2.47 bits per heavy atom. The van der Waals surface area contributed by atoms with E-state index in [-0.39, 0.29) is 16.7 Å². The van der Waals surface area contributed by atoms with Crippen molar-refractivity contribution in [2.24, 2.45) is 0 Å². The molecule has 2 aromatic heterocycles. The third-order valence-electron chi connectivity index (χ3n) is 5.51. The van der Waals surface area contributed by atoms with E-state index >= 15 is 0 Å². The second-order valence-corrected chi connectivity index (χ2v) is 9.41. The Hall–Kier alpha value is -2.98. The van der Waals surface area contributed by atoms with Gasteiger partial charge in [0.15, 0.2) is 5.76 Å². The van der Waals surface area contributed by atoms with E-state index in [1.807, 2.05) is 0 Å². The Balaban J connectivity index is 1.22. The monoisotopic (exact) mass is 428 g/mol. The zero-order valence-electron chi connectivity index (χ0n) is 16.1. The van der Waals surface area contributed by atoms with E-state index in [1.54, 1.807) is 29.2 Å². The Bertz CT molecular complexity index is 1140. The number of sulfonamides is 1. The third-order valence-corrected chi connectivity index (χ3v) is 7.42. The molecule has 0 saturated carbocycles. The first-order valence-electron chi connectivity index (χ1n) is 9.79. The molecule has 2 aliphatic heterocycles. The van der Waals surface area contributed by atoms with Crippen molar-refractivity contribution >= 4 is 15.9 Å². The van der Waals surface area contributed by atoms with Crippen LogP contribution in [0.25, 0.3) is 11.6 Å². The molecule has 0 radical (unpaired) electrons. The first kappa shape index (κ1) is 19.0. The van der Waals surface area contributed by atoms with E-state index in [0.29, 0.717) is 49.2 Å². The maximum absolute atomic E-state index is 12.7. The summed E-state index contributed by atoms with van der Waals surface area (Å²) in [5.41, 5.74) is 0.454. The SMILES string of the molecule is O=C(c1ccc(S(=O)(=O)N2CCCC2)cc1)N1CC(c2nc(-c3ccco3)no2)C1. The number of rotatable bonds is 5. The normalized spacial score (nSPS) is 17.9. The molecule has 0 atom stereocenters. The molecule has 0 unspecified atom stereocenters. The number of hydrogen-bond acceptors (Lipinski definition) is 7. The molecule has 9 nitrogen and oxygen atoms in total. The topological polar surface area (TPSA) is 110 Å². The molecule has 3 aromatic rings. The van der Waals surface area contributed by atoms with Gasteiger partial charge in [-0.1, -0.05) is 5.16 Å². The van der Waals surface area contributed by atoms with Gasteiger partial charge in [0.1, 0.15) is 0 Å². The fraction of sp³-hybridized carbons (Fsp3) is 0.350. The predicted octanol–water partition coefficient (Wildman–Crippen LogP) is 2.35. The average Bonchev–Trinajstić information content (AvgIpc) is 3.49. The van der Waals surface area contributed by atoms with Crippen molar-refractivity contribution in [1.82, 2.24) is 19.3 Å². The van der Waals surface area contributed by atoms with Gasteiger partial charge in [0, 0.05) is 31.7 Å². The van der Waals surface area contributed by atoms with Crippen LogP contribution in [0, 0.1) is 0 Å². The summed E-state index contributed by atoms with van der Waals surface area (Å²) in [6, 6.07) is 9.65. The van der Waals surface area contributed by atoms with Gasteiger partial charge >= 0.3 is 0 Å². The zero-order valence-corrected chi connectivity index (χ0v) is 16.9. The number of nitrogens with zero attached hydrogens (tertiary/aromatic N) is 4. The van der Waals surface area contributed by atoms with Crippen LogP contribution in [0.4, 0.5) is 0 Å². The van der Waals surface area contributed by atoms with Crippen molar-refractivity contribution in [2.45, 2.75) is 23.7 Å². The van der Waals surface area contributed by atoms with Gasteiger partial charge < -0.3 is 13.8 Å². The van der Waals surface area contributed by atoms with Gasteiger partial charge in [0.25, 0.3) is 5.91 Å². The third kappa shape index (κ3) is 3.31. The highest BCUT2D eigenvalue weighted by Crippen LogP contribution is 2.29. The summed E-state index contributed by atoms with van der Waals surface area (Å²) in [7, 11) is -3.48. The molecule has 10 heteroatoms. The largest absolute Gasteiger partial charge is 0.461 e. The number of benzene rings is 1. The van der Waals surface area contributed by atoms with Crippen LogP contribution >= 0.6 is 0 Å². The first-order chi connectivity index (χ1) is 14.5. The van der Waals surface area contributed by atoms with Gasteiger partial charge in [-0.05, 0) is 49.2 Å². The van der Waals surface area contributed by atoms with E-state index in [9.17, 15) is 13.2 Å². The molecule has 0 aliphatic carbocycles. The summed E-state index contributed by atoms with van der Waals surface area (Å²) >= 11 is 0. The minimum absolute atomic E-state index is 0.0278. The second-order valence-electron chi connectivity index (χ2n) is 7.48. The lowest BCUT2D eigenvalue weighted by Gasteiger charge is -2.37. The first-order valence-corrected chi connectivity index (χ1v) is 11.2. The predicted molar refractivity (Wildman–Crippen MR) is 105 cm³/mol. The molecule has 1 aromatic carbocycles. The molecule has 1 amide bonds. The molecule has 30 heavy (non-hydrogen) atoms. The van der Waals surface area contributed by atoms with E-state index in [2.05, 4.69) is 10.1 Å². The van der Waals surface area contributed by atoms with Gasteiger partial charge in [0.05, 0.1) is 17.1 Å². The number of likely N-dealkylation sites (tertiary alicyclic amines) is 1.